The first-order chi connectivity index (χ1) is 10.4. The number of nitrogens with zero attached hydrogens (tertiary/aromatic N) is 2. The predicted octanol–water partition coefficient (Wildman–Crippen LogP) is 2.91. The lowest BCUT2D eigenvalue weighted by Gasteiger charge is -2.11. The smallest absolute Gasteiger partial charge is 0.258 e. The Morgan fingerprint density at radius 2 is 2.09 bits per heavy atom. The van der Waals surface area contributed by atoms with E-state index in [0.717, 1.165) is 10.7 Å². The third-order valence-electron chi connectivity index (χ3n) is 3.65. The van der Waals surface area contributed by atoms with Gasteiger partial charge in [-0.25, -0.2) is 23.1 Å². The molecule has 2 aromatic rings. The molecule has 2 aromatic heterocycles. The molecule has 2 N–H and O–H groups in total. The molecule has 0 spiro atoms. The normalized spacial score (nSPS) is 17.1. The van der Waals surface area contributed by atoms with Gasteiger partial charge in [-0.05, 0) is 19.8 Å². The van der Waals surface area contributed by atoms with Crippen LogP contribution in [0.1, 0.15) is 68.0 Å². The molecule has 0 radical (unpaired) electrons. The molecule has 6 nitrogen and oxygen atoms in total. The van der Waals surface area contributed by atoms with Gasteiger partial charge in [-0.15, -0.1) is 11.3 Å². The summed E-state index contributed by atoms with van der Waals surface area (Å²) < 4.78 is 27.5. The van der Waals surface area contributed by atoms with Crippen LogP contribution in [-0.2, 0) is 10.0 Å². The van der Waals surface area contributed by atoms with Crippen LogP contribution in [0.5, 0.6) is 0 Å². The fourth-order valence-electron chi connectivity index (χ4n) is 2.12. The number of hydrogen-bond acceptors (Lipinski definition) is 5. The summed E-state index contributed by atoms with van der Waals surface area (Å²) in [6, 6.07) is -0.362. The van der Waals surface area contributed by atoms with Gasteiger partial charge in [-0.1, -0.05) is 13.8 Å². The molecule has 1 fully saturated rings. The van der Waals surface area contributed by atoms with E-state index in [-0.39, 0.29) is 17.0 Å². The second-order valence-corrected chi connectivity index (χ2v) is 8.59. The van der Waals surface area contributed by atoms with E-state index in [1.165, 1.54) is 19.0 Å². The molecule has 1 atom stereocenters. The highest BCUT2D eigenvalue weighted by molar-refractivity contribution is 7.89. The summed E-state index contributed by atoms with van der Waals surface area (Å²) >= 11 is 1.61. The van der Waals surface area contributed by atoms with Crippen LogP contribution in [-0.4, -0.2) is 23.4 Å². The van der Waals surface area contributed by atoms with Crippen molar-refractivity contribution in [3.63, 3.8) is 0 Å². The van der Waals surface area contributed by atoms with Crippen molar-refractivity contribution in [3.8, 4) is 0 Å². The molecular formula is C14H20N4O2S2. The standard InChI is InChI=1S/C14H20N4O2S2/c1-8(2)13-15-6-12(17-13)22(19,20)18-9(3)11-7-21-14(16-11)10-4-5-10/h6-10,18H,4-5H2,1-3H3,(H,15,17). The zero-order valence-electron chi connectivity index (χ0n) is 12.8. The van der Waals surface area contributed by atoms with Crippen LogP contribution in [0.2, 0.25) is 0 Å². The fraction of sp³-hybridized carbons (Fsp3) is 0.571. The third-order valence-corrected chi connectivity index (χ3v) is 6.13. The first-order valence-corrected chi connectivity index (χ1v) is 9.75. The van der Waals surface area contributed by atoms with E-state index in [4.69, 9.17) is 0 Å². The fourth-order valence-corrected chi connectivity index (χ4v) is 4.35. The Bertz CT molecular complexity index is 759. The van der Waals surface area contributed by atoms with Crippen molar-refractivity contribution in [2.45, 2.75) is 56.5 Å². The monoisotopic (exact) mass is 340 g/mol. The van der Waals surface area contributed by atoms with E-state index in [2.05, 4.69) is 19.7 Å². The maximum atomic E-state index is 12.4. The predicted molar refractivity (Wildman–Crippen MR) is 85.5 cm³/mol. The number of nitrogens with one attached hydrogen (secondary N) is 2. The Balaban J connectivity index is 1.74. The first-order valence-electron chi connectivity index (χ1n) is 7.39. The molecule has 2 heterocycles. The maximum Gasteiger partial charge on any atom is 0.258 e. The number of H-pyrrole nitrogens is 1. The van der Waals surface area contributed by atoms with Crippen LogP contribution in [0, 0.1) is 0 Å². The minimum atomic E-state index is -3.62. The Morgan fingerprint density at radius 1 is 1.36 bits per heavy atom. The average Bonchev–Trinajstić information content (AvgIpc) is 2.99. The molecule has 22 heavy (non-hydrogen) atoms. The molecular weight excluding hydrogens is 320 g/mol. The van der Waals surface area contributed by atoms with Crippen molar-refractivity contribution < 1.29 is 8.42 Å². The third kappa shape index (κ3) is 3.23. The number of sulfonamides is 1. The Kier molecular flexibility index (Phi) is 4.09. The lowest BCUT2D eigenvalue weighted by atomic mass is 10.2. The molecule has 120 valence electrons. The van der Waals surface area contributed by atoms with Crippen LogP contribution < -0.4 is 4.72 Å². The van der Waals surface area contributed by atoms with Crippen LogP contribution in [0.25, 0.3) is 0 Å². The number of aromatic nitrogens is 3. The van der Waals surface area contributed by atoms with Gasteiger partial charge in [0, 0.05) is 17.2 Å². The van der Waals surface area contributed by atoms with Gasteiger partial charge >= 0.3 is 0 Å². The summed E-state index contributed by atoms with van der Waals surface area (Å²) in [6.45, 7) is 5.73. The molecule has 1 saturated carbocycles. The average molecular weight is 340 g/mol. The second-order valence-electron chi connectivity index (χ2n) is 6.02. The lowest BCUT2D eigenvalue weighted by molar-refractivity contribution is 0.560. The summed E-state index contributed by atoms with van der Waals surface area (Å²) in [5.74, 6) is 1.41. The van der Waals surface area contributed by atoms with Gasteiger partial charge in [-0.2, -0.15) is 0 Å². The maximum absolute atomic E-state index is 12.4. The van der Waals surface area contributed by atoms with Crippen molar-refractivity contribution in [2.75, 3.05) is 0 Å². The molecule has 1 aliphatic rings. The summed E-state index contributed by atoms with van der Waals surface area (Å²) in [6.07, 6.45) is 3.75. The molecule has 3 rings (SSSR count). The molecule has 0 amide bonds. The highest BCUT2D eigenvalue weighted by Crippen LogP contribution is 2.41. The van der Waals surface area contributed by atoms with Crippen LogP contribution in [0.4, 0.5) is 0 Å². The highest BCUT2D eigenvalue weighted by Gasteiger charge is 2.28. The van der Waals surface area contributed by atoms with Crippen LogP contribution >= 0.6 is 11.3 Å². The van der Waals surface area contributed by atoms with Crippen molar-refractivity contribution >= 4 is 21.4 Å². The van der Waals surface area contributed by atoms with E-state index in [0.29, 0.717) is 11.7 Å². The second kappa shape index (κ2) is 5.75. The molecule has 0 saturated heterocycles. The van der Waals surface area contributed by atoms with E-state index in [1.807, 2.05) is 26.2 Å². The number of thiazole rings is 1. The van der Waals surface area contributed by atoms with Crippen LogP contribution in [0.15, 0.2) is 16.6 Å². The van der Waals surface area contributed by atoms with Crippen molar-refractivity contribution in [2.24, 2.45) is 0 Å². The van der Waals surface area contributed by atoms with Crippen molar-refractivity contribution in [1.82, 2.24) is 19.7 Å². The van der Waals surface area contributed by atoms with E-state index in [1.54, 1.807) is 11.3 Å². The lowest BCUT2D eigenvalue weighted by Crippen LogP contribution is -2.27. The van der Waals surface area contributed by atoms with Crippen molar-refractivity contribution in [1.29, 1.82) is 0 Å². The summed E-state index contributed by atoms with van der Waals surface area (Å²) in [5, 5.41) is 3.15. The number of rotatable bonds is 6. The topological polar surface area (TPSA) is 87.7 Å². The molecule has 0 aliphatic heterocycles. The zero-order valence-corrected chi connectivity index (χ0v) is 14.5. The molecule has 8 heteroatoms. The highest BCUT2D eigenvalue weighted by atomic mass is 32.2. The van der Waals surface area contributed by atoms with Crippen LogP contribution in [0.3, 0.4) is 0 Å². The Morgan fingerprint density at radius 3 is 2.68 bits per heavy atom. The van der Waals surface area contributed by atoms with E-state index >= 15 is 0 Å². The molecule has 0 bridgehead atoms. The number of hydrogen-bond donors (Lipinski definition) is 2. The Labute approximate surface area is 134 Å². The molecule has 0 aromatic carbocycles. The van der Waals surface area contributed by atoms with Gasteiger partial charge in [0.15, 0.2) is 5.03 Å². The minimum Gasteiger partial charge on any atom is -0.332 e. The van der Waals surface area contributed by atoms with Crippen molar-refractivity contribution in [3.05, 3.63) is 28.1 Å². The SMILES string of the molecule is CC(C)c1ncc(S(=O)(=O)NC(C)c2csc(C3CC3)n2)[nH]1. The summed E-state index contributed by atoms with van der Waals surface area (Å²) in [7, 11) is -3.62. The van der Waals surface area contributed by atoms with Gasteiger partial charge in [0.2, 0.25) is 0 Å². The van der Waals surface area contributed by atoms with Gasteiger partial charge < -0.3 is 4.98 Å². The Hall–Kier alpha value is -1.25. The summed E-state index contributed by atoms with van der Waals surface area (Å²) in [5.41, 5.74) is 0.777. The van der Waals surface area contributed by atoms with Gasteiger partial charge in [-0.3, -0.25) is 0 Å². The largest absolute Gasteiger partial charge is 0.332 e. The quantitative estimate of drug-likeness (QED) is 0.846. The molecule has 1 aliphatic carbocycles. The molecule has 1 unspecified atom stereocenters. The zero-order chi connectivity index (χ0) is 15.9. The van der Waals surface area contributed by atoms with Gasteiger partial charge in [0.1, 0.15) is 5.82 Å². The van der Waals surface area contributed by atoms with E-state index in [9.17, 15) is 8.42 Å². The number of imidazole rings is 1. The van der Waals surface area contributed by atoms with E-state index < -0.39 is 10.0 Å². The first kappa shape index (κ1) is 15.6. The van der Waals surface area contributed by atoms with Gasteiger partial charge in [0.05, 0.1) is 22.9 Å². The minimum absolute atomic E-state index is 0.0979. The van der Waals surface area contributed by atoms with Gasteiger partial charge in [0.25, 0.3) is 10.0 Å². The summed E-state index contributed by atoms with van der Waals surface area (Å²) in [4.78, 5) is 11.5. The number of aromatic amines is 1.